The zero-order valence-electron chi connectivity index (χ0n) is 11.0. The fraction of sp³-hybridized carbons (Fsp3) is 0.462. The van der Waals surface area contributed by atoms with Crippen molar-refractivity contribution in [3.8, 4) is 0 Å². The van der Waals surface area contributed by atoms with Crippen molar-refractivity contribution in [2.75, 3.05) is 6.61 Å². The van der Waals surface area contributed by atoms with Gasteiger partial charge in [0, 0.05) is 24.6 Å². The normalized spacial score (nSPS) is 30.4. The summed E-state index contributed by atoms with van der Waals surface area (Å²) in [6.45, 7) is 0.627. The smallest absolute Gasteiger partial charge is 0.283 e. The summed E-state index contributed by atoms with van der Waals surface area (Å²) >= 11 is 5.93. The van der Waals surface area contributed by atoms with Gasteiger partial charge in [0.15, 0.2) is 0 Å². The summed E-state index contributed by atoms with van der Waals surface area (Å²) in [7, 11) is 0. The molecule has 0 bridgehead atoms. The topological polar surface area (TPSA) is 107 Å². The summed E-state index contributed by atoms with van der Waals surface area (Å²) in [5.41, 5.74) is 5.55. The van der Waals surface area contributed by atoms with Gasteiger partial charge in [-0.3, -0.25) is 14.9 Å². The Morgan fingerprint density at radius 3 is 3.00 bits per heavy atom. The van der Waals surface area contributed by atoms with Crippen LogP contribution in [0.2, 0.25) is 5.02 Å². The van der Waals surface area contributed by atoms with Crippen LogP contribution in [0, 0.1) is 16.0 Å². The Kier molecular flexibility index (Phi) is 3.56. The van der Waals surface area contributed by atoms with E-state index in [0.29, 0.717) is 6.61 Å². The lowest BCUT2D eigenvalue weighted by Gasteiger charge is -2.45. The Hall–Kier alpha value is -1.70. The number of nitro benzene ring substituents is 1. The number of hydrogen-bond acceptors (Lipinski definition) is 5. The van der Waals surface area contributed by atoms with Gasteiger partial charge in [-0.1, -0.05) is 17.7 Å². The Balaban J connectivity index is 1.82. The van der Waals surface area contributed by atoms with Crippen molar-refractivity contribution in [2.24, 2.45) is 11.7 Å². The number of halogens is 1. The van der Waals surface area contributed by atoms with Crippen LogP contribution in [0.1, 0.15) is 16.8 Å². The summed E-state index contributed by atoms with van der Waals surface area (Å²) in [4.78, 5) is 22.7. The predicted octanol–water partition coefficient (Wildman–Crippen LogP) is 1.09. The number of amides is 1. The molecule has 0 radical (unpaired) electrons. The highest BCUT2D eigenvalue weighted by molar-refractivity contribution is 6.34. The van der Waals surface area contributed by atoms with Crippen molar-refractivity contribution in [3.63, 3.8) is 0 Å². The summed E-state index contributed by atoms with van der Waals surface area (Å²) < 4.78 is 5.52. The van der Waals surface area contributed by atoms with Gasteiger partial charge in [-0.05, 0) is 12.5 Å². The molecule has 21 heavy (non-hydrogen) atoms. The van der Waals surface area contributed by atoms with E-state index in [1.165, 1.54) is 18.2 Å². The summed E-state index contributed by atoms with van der Waals surface area (Å²) in [5.74, 6) is -0.349. The molecule has 4 atom stereocenters. The molecule has 2 aliphatic rings. The lowest BCUT2D eigenvalue weighted by molar-refractivity contribution is -0.385. The van der Waals surface area contributed by atoms with Crippen LogP contribution < -0.4 is 11.1 Å². The van der Waals surface area contributed by atoms with Crippen LogP contribution in [0.5, 0.6) is 0 Å². The lowest BCUT2D eigenvalue weighted by Crippen LogP contribution is -2.69. The van der Waals surface area contributed by atoms with Crippen molar-refractivity contribution in [1.29, 1.82) is 0 Å². The highest BCUT2D eigenvalue weighted by Gasteiger charge is 2.53. The third-order valence-electron chi connectivity index (χ3n) is 4.16. The Labute approximate surface area is 125 Å². The molecule has 1 saturated carbocycles. The number of nitrogens with one attached hydrogen (secondary N) is 1. The number of carbonyl (C=O) groups excluding carboxylic acids is 1. The first-order valence-electron chi connectivity index (χ1n) is 6.61. The quantitative estimate of drug-likeness (QED) is 0.642. The summed E-state index contributed by atoms with van der Waals surface area (Å²) in [6.07, 6.45) is 0.773. The van der Waals surface area contributed by atoms with Crippen LogP contribution in [0.25, 0.3) is 0 Å². The molecule has 1 aromatic carbocycles. The van der Waals surface area contributed by atoms with E-state index >= 15 is 0 Å². The monoisotopic (exact) mass is 311 g/mol. The second-order valence-electron chi connectivity index (χ2n) is 5.26. The number of fused-ring (bicyclic) bond motifs is 1. The minimum absolute atomic E-state index is 0.0403. The molecule has 0 aromatic heterocycles. The minimum Gasteiger partial charge on any atom is -0.376 e. The molecule has 3 rings (SSSR count). The standard InChI is InChI=1S/C13H14ClN3O4/c14-7-2-1-3-8(17(19)20)9(7)13(18)16-11-10(15)6-4-5-21-12(6)11/h1-3,6,10-12H,4-5,15H2,(H,16,18). The van der Waals surface area contributed by atoms with E-state index in [-0.39, 0.29) is 40.4 Å². The molecular weight excluding hydrogens is 298 g/mol. The first kappa shape index (κ1) is 14.2. The second kappa shape index (κ2) is 5.25. The maximum Gasteiger partial charge on any atom is 0.283 e. The third kappa shape index (κ3) is 2.27. The molecule has 1 heterocycles. The van der Waals surface area contributed by atoms with Crippen molar-refractivity contribution >= 4 is 23.2 Å². The maximum atomic E-state index is 12.3. The summed E-state index contributed by atoms with van der Waals surface area (Å²) in [6, 6.07) is 3.60. The molecule has 1 aliphatic heterocycles. The Morgan fingerprint density at radius 2 is 2.29 bits per heavy atom. The van der Waals surface area contributed by atoms with E-state index in [1.807, 2.05) is 0 Å². The summed E-state index contributed by atoms with van der Waals surface area (Å²) in [5, 5.41) is 13.8. The number of ether oxygens (including phenoxy) is 1. The van der Waals surface area contributed by atoms with Gasteiger partial charge in [0.1, 0.15) is 5.56 Å². The van der Waals surface area contributed by atoms with Gasteiger partial charge in [0.25, 0.3) is 11.6 Å². The van der Waals surface area contributed by atoms with Gasteiger partial charge in [0.2, 0.25) is 0 Å². The molecule has 112 valence electrons. The molecule has 0 spiro atoms. The fourth-order valence-corrected chi connectivity index (χ4v) is 3.30. The highest BCUT2D eigenvalue weighted by Crippen LogP contribution is 2.38. The molecule has 7 nitrogen and oxygen atoms in total. The van der Waals surface area contributed by atoms with Gasteiger partial charge in [0.05, 0.1) is 22.1 Å². The number of rotatable bonds is 3. The first-order chi connectivity index (χ1) is 10.0. The maximum absolute atomic E-state index is 12.3. The lowest BCUT2D eigenvalue weighted by atomic mass is 9.72. The zero-order valence-corrected chi connectivity index (χ0v) is 11.7. The van der Waals surface area contributed by atoms with Crippen LogP contribution in [0.4, 0.5) is 5.69 Å². The first-order valence-corrected chi connectivity index (χ1v) is 6.99. The van der Waals surface area contributed by atoms with Crippen LogP contribution in [0.15, 0.2) is 18.2 Å². The van der Waals surface area contributed by atoms with Gasteiger partial charge < -0.3 is 15.8 Å². The Bertz CT molecular complexity index is 609. The van der Waals surface area contributed by atoms with Crippen molar-refractivity contribution in [2.45, 2.75) is 24.6 Å². The van der Waals surface area contributed by atoms with Gasteiger partial charge in [-0.15, -0.1) is 0 Å². The molecule has 1 amide bonds. The number of nitrogens with two attached hydrogens (primary N) is 1. The number of hydrogen-bond donors (Lipinski definition) is 2. The molecule has 1 saturated heterocycles. The average molecular weight is 312 g/mol. The van der Waals surface area contributed by atoms with Crippen LogP contribution in [-0.4, -0.2) is 35.6 Å². The zero-order chi connectivity index (χ0) is 15.1. The van der Waals surface area contributed by atoms with E-state index in [0.717, 1.165) is 6.42 Å². The van der Waals surface area contributed by atoms with E-state index < -0.39 is 10.8 Å². The van der Waals surface area contributed by atoms with Crippen LogP contribution in [0.3, 0.4) is 0 Å². The number of carbonyl (C=O) groups is 1. The van der Waals surface area contributed by atoms with Crippen LogP contribution >= 0.6 is 11.6 Å². The minimum atomic E-state index is -0.629. The predicted molar refractivity (Wildman–Crippen MR) is 75.2 cm³/mol. The SMILES string of the molecule is NC1C2CCOC2C1NC(=O)c1c(Cl)cccc1[N+](=O)[O-]. The molecule has 4 unspecified atom stereocenters. The third-order valence-corrected chi connectivity index (χ3v) is 4.47. The van der Waals surface area contributed by atoms with Crippen molar-refractivity contribution < 1.29 is 14.5 Å². The van der Waals surface area contributed by atoms with Gasteiger partial charge >= 0.3 is 0 Å². The number of benzene rings is 1. The van der Waals surface area contributed by atoms with Gasteiger partial charge in [-0.2, -0.15) is 0 Å². The van der Waals surface area contributed by atoms with E-state index in [1.54, 1.807) is 0 Å². The van der Waals surface area contributed by atoms with Crippen molar-refractivity contribution in [1.82, 2.24) is 5.32 Å². The van der Waals surface area contributed by atoms with Gasteiger partial charge in [-0.25, -0.2) is 0 Å². The molecule has 1 aliphatic carbocycles. The molecule has 3 N–H and O–H groups in total. The Morgan fingerprint density at radius 1 is 1.52 bits per heavy atom. The van der Waals surface area contributed by atoms with E-state index in [4.69, 9.17) is 22.1 Å². The number of nitro groups is 1. The average Bonchev–Trinajstić information content (AvgIpc) is 2.88. The highest BCUT2D eigenvalue weighted by atomic mass is 35.5. The molecule has 2 fully saturated rings. The molecular formula is C13H14ClN3O4. The number of nitrogens with zero attached hydrogens (tertiary/aromatic N) is 1. The molecule has 1 aromatic rings. The van der Waals surface area contributed by atoms with Crippen molar-refractivity contribution in [3.05, 3.63) is 38.9 Å². The van der Waals surface area contributed by atoms with E-state index in [2.05, 4.69) is 5.32 Å². The fourth-order valence-electron chi connectivity index (χ4n) is 3.04. The van der Waals surface area contributed by atoms with Crippen LogP contribution in [-0.2, 0) is 4.74 Å². The molecule has 8 heteroatoms. The van der Waals surface area contributed by atoms with E-state index in [9.17, 15) is 14.9 Å². The second-order valence-corrected chi connectivity index (χ2v) is 5.66. The largest absolute Gasteiger partial charge is 0.376 e.